The van der Waals surface area contributed by atoms with E-state index in [0.717, 1.165) is 12.5 Å². The summed E-state index contributed by atoms with van der Waals surface area (Å²) in [5.74, 6) is 0.745. The minimum absolute atomic E-state index is 0.745. The van der Waals surface area contributed by atoms with Crippen LogP contribution in [0.3, 0.4) is 0 Å². The Bertz CT molecular complexity index is 293. The summed E-state index contributed by atoms with van der Waals surface area (Å²) in [5, 5.41) is 0. The predicted molar refractivity (Wildman–Crippen MR) is 78.5 cm³/mol. The van der Waals surface area contributed by atoms with Crippen molar-refractivity contribution < 1.29 is 0 Å². The van der Waals surface area contributed by atoms with Crippen LogP contribution in [0.15, 0.2) is 24.3 Å². The van der Waals surface area contributed by atoms with Crippen LogP contribution in [0.1, 0.15) is 58.1 Å². The van der Waals surface area contributed by atoms with Gasteiger partial charge in [-0.1, -0.05) is 58.9 Å². The zero-order chi connectivity index (χ0) is 13.3. The monoisotopic (exact) mass is 235 g/mol. The lowest BCUT2D eigenvalue weighted by atomic mass is 9.88. The Balaban J connectivity index is 0.000000581. The maximum absolute atomic E-state index is 2.41. The second-order valence-corrected chi connectivity index (χ2v) is 4.00. The average Bonchev–Trinajstić information content (AvgIpc) is 2.42. The molecule has 0 aromatic heterocycles. The van der Waals surface area contributed by atoms with Gasteiger partial charge in [0.25, 0.3) is 0 Å². The van der Waals surface area contributed by atoms with Gasteiger partial charge in [-0.05, 0) is 30.5 Å². The fourth-order valence-corrected chi connectivity index (χ4v) is 2.26. The van der Waals surface area contributed by atoms with Crippen molar-refractivity contribution in [2.45, 2.75) is 53.5 Å². The minimum Gasteiger partial charge on any atom is -0.301 e. The maximum atomic E-state index is 2.41. The lowest BCUT2D eigenvalue weighted by Crippen LogP contribution is -2.29. The van der Waals surface area contributed by atoms with Gasteiger partial charge in [0.15, 0.2) is 0 Å². The van der Waals surface area contributed by atoms with Crippen LogP contribution in [-0.2, 0) is 6.54 Å². The van der Waals surface area contributed by atoms with Gasteiger partial charge in [-0.3, -0.25) is 0 Å². The number of rotatable bonds is 1. The van der Waals surface area contributed by atoms with Crippen molar-refractivity contribution in [1.82, 2.24) is 4.90 Å². The molecule has 2 rings (SSSR count). The van der Waals surface area contributed by atoms with E-state index in [-0.39, 0.29) is 0 Å². The van der Waals surface area contributed by atoms with Crippen LogP contribution in [0.2, 0.25) is 0 Å². The number of likely N-dealkylation sites (N-methyl/N-ethyl adjacent to an activating group) is 1. The summed E-state index contributed by atoms with van der Waals surface area (Å²) in [6.45, 7) is 12.6. The average molecular weight is 235 g/mol. The Morgan fingerprint density at radius 2 is 1.71 bits per heavy atom. The second kappa shape index (κ2) is 9.23. The number of benzene rings is 1. The molecule has 1 aromatic rings. The van der Waals surface area contributed by atoms with Crippen molar-refractivity contribution in [2.24, 2.45) is 0 Å². The van der Waals surface area contributed by atoms with Crippen molar-refractivity contribution in [3.63, 3.8) is 0 Å². The van der Waals surface area contributed by atoms with Gasteiger partial charge in [0, 0.05) is 13.1 Å². The topological polar surface area (TPSA) is 3.24 Å². The van der Waals surface area contributed by atoms with Crippen LogP contribution < -0.4 is 0 Å². The molecule has 1 unspecified atom stereocenters. The molecule has 1 aromatic carbocycles. The zero-order valence-corrected chi connectivity index (χ0v) is 12.5. The van der Waals surface area contributed by atoms with Gasteiger partial charge in [-0.15, -0.1) is 0 Å². The molecule has 17 heavy (non-hydrogen) atoms. The molecule has 1 atom stereocenters. The number of fused-ring (bicyclic) bond motifs is 1. The standard InChI is InChI=1S/C12H17N.2C2H6/c1-3-10-8-13(2)9-11-6-4-5-7-12(10)11;2*1-2/h4-7,10H,3,8-9H2,1-2H3;2*1-2H3. The van der Waals surface area contributed by atoms with Crippen molar-refractivity contribution >= 4 is 0 Å². The normalized spacial score (nSPS) is 18.1. The smallest absolute Gasteiger partial charge is 0.0233 e. The first-order valence-electron chi connectivity index (χ1n) is 7.07. The molecule has 1 aliphatic rings. The van der Waals surface area contributed by atoms with E-state index in [1.807, 2.05) is 27.7 Å². The molecule has 0 saturated carbocycles. The van der Waals surface area contributed by atoms with Crippen LogP contribution in [0, 0.1) is 0 Å². The Labute approximate surface area is 108 Å². The highest BCUT2D eigenvalue weighted by Gasteiger charge is 2.20. The molecule has 0 aliphatic carbocycles. The molecule has 0 saturated heterocycles. The first-order valence-corrected chi connectivity index (χ1v) is 7.07. The van der Waals surface area contributed by atoms with Gasteiger partial charge in [0.2, 0.25) is 0 Å². The van der Waals surface area contributed by atoms with Crippen LogP contribution >= 0.6 is 0 Å². The second-order valence-electron chi connectivity index (χ2n) is 4.00. The lowest BCUT2D eigenvalue weighted by Gasteiger charge is -2.31. The fraction of sp³-hybridized carbons (Fsp3) is 0.625. The Morgan fingerprint density at radius 1 is 1.12 bits per heavy atom. The quantitative estimate of drug-likeness (QED) is 0.683. The van der Waals surface area contributed by atoms with Gasteiger partial charge in [0.05, 0.1) is 0 Å². The van der Waals surface area contributed by atoms with E-state index in [9.17, 15) is 0 Å². The van der Waals surface area contributed by atoms with Crippen molar-refractivity contribution in [3.05, 3.63) is 35.4 Å². The summed E-state index contributed by atoms with van der Waals surface area (Å²) in [5.41, 5.74) is 3.09. The Kier molecular flexibility index (Phi) is 8.79. The van der Waals surface area contributed by atoms with Gasteiger partial charge < -0.3 is 4.90 Å². The Morgan fingerprint density at radius 3 is 2.29 bits per heavy atom. The van der Waals surface area contributed by atoms with Crippen LogP contribution in [0.4, 0.5) is 0 Å². The summed E-state index contributed by atoms with van der Waals surface area (Å²) < 4.78 is 0. The van der Waals surface area contributed by atoms with Gasteiger partial charge in [0.1, 0.15) is 0 Å². The molecule has 0 radical (unpaired) electrons. The summed E-state index contributed by atoms with van der Waals surface area (Å²) in [7, 11) is 2.21. The highest BCUT2D eigenvalue weighted by molar-refractivity contribution is 5.32. The number of nitrogens with zero attached hydrogens (tertiary/aromatic N) is 1. The molecule has 0 amide bonds. The van der Waals surface area contributed by atoms with Crippen LogP contribution in [-0.4, -0.2) is 18.5 Å². The number of hydrogen-bond donors (Lipinski definition) is 0. The SMILES string of the molecule is CC.CC.CCC1CN(C)Cc2ccccc21. The van der Waals surface area contributed by atoms with E-state index in [2.05, 4.69) is 43.1 Å². The van der Waals surface area contributed by atoms with Crippen molar-refractivity contribution in [2.75, 3.05) is 13.6 Å². The van der Waals surface area contributed by atoms with Crippen molar-refractivity contribution in [3.8, 4) is 0 Å². The van der Waals surface area contributed by atoms with Gasteiger partial charge >= 0.3 is 0 Å². The van der Waals surface area contributed by atoms with Crippen LogP contribution in [0.5, 0.6) is 0 Å². The third-order valence-electron chi connectivity index (χ3n) is 2.96. The summed E-state index contributed by atoms with van der Waals surface area (Å²) in [6.07, 6.45) is 1.25. The van der Waals surface area contributed by atoms with Crippen molar-refractivity contribution in [1.29, 1.82) is 0 Å². The molecular weight excluding hydrogens is 206 g/mol. The van der Waals surface area contributed by atoms with E-state index in [4.69, 9.17) is 0 Å². The molecule has 0 N–H and O–H groups in total. The van der Waals surface area contributed by atoms with E-state index in [1.54, 1.807) is 5.56 Å². The third-order valence-corrected chi connectivity index (χ3v) is 2.96. The lowest BCUT2D eigenvalue weighted by molar-refractivity contribution is 0.277. The minimum atomic E-state index is 0.745. The molecule has 0 bridgehead atoms. The van der Waals surface area contributed by atoms with Crippen LogP contribution in [0.25, 0.3) is 0 Å². The molecule has 1 nitrogen and oxygen atoms in total. The zero-order valence-electron chi connectivity index (χ0n) is 12.5. The first kappa shape index (κ1) is 16.2. The molecule has 0 spiro atoms. The predicted octanol–water partition coefficient (Wildman–Crippen LogP) is 4.68. The van der Waals surface area contributed by atoms with E-state index >= 15 is 0 Å². The highest BCUT2D eigenvalue weighted by atomic mass is 15.1. The molecule has 1 heterocycles. The summed E-state index contributed by atoms with van der Waals surface area (Å²) in [6, 6.07) is 8.85. The summed E-state index contributed by atoms with van der Waals surface area (Å²) in [4.78, 5) is 2.41. The Hall–Kier alpha value is -0.820. The van der Waals surface area contributed by atoms with Gasteiger partial charge in [-0.25, -0.2) is 0 Å². The maximum Gasteiger partial charge on any atom is 0.0233 e. The largest absolute Gasteiger partial charge is 0.301 e. The van der Waals surface area contributed by atoms with E-state index in [1.165, 1.54) is 18.5 Å². The molecular formula is C16H29N. The van der Waals surface area contributed by atoms with E-state index < -0.39 is 0 Å². The molecule has 1 heteroatoms. The highest BCUT2D eigenvalue weighted by Crippen LogP contribution is 2.29. The van der Waals surface area contributed by atoms with E-state index in [0.29, 0.717) is 0 Å². The first-order chi connectivity index (χ1) is 8.31. The molecule has 98 valence electrons. The fourth-order valence-electron chi connectivity index (χ4n) is 2.26. The third kappa shape index (κ3) is 4.51. The number of hydrogen-bond acceptors (Lipinski definition) is 1. The van der Waals surface area contributed by atoms with Gasteiger partial charge in [-0.2, -0.15) is 0 Å². The molecule has 1 aliphatic heterocycles. The molecule has 0 fully saturated rings. The summed E-state index contributed by atoms with van der Waals surface area (Å²) >= 11 is 0.